The first-order chi connectivity index (χ1) is 8.12. The molecule has 1 aliphatic heterocycles. The molecule has 0 aromatic carbocycles. The van der Waals surface area contributed by atoms with Crippen molar-refractivity contribution in [2.24, 2.45) is 5.73 Å². The largest absolute Gasteiger partial charge is 0.376 e. The fourth-order valence-corrected chi connectivity index (χ4v) is 2.94. The highest BCUT2D eigenvalue weighted by atomic mass is 16.5. The van der Waals surface area contributed by atoms with Crippen LogP contribution in [-0.4, -0.2) is 42.6 Å². The smallest absolute Gasteiger partial charge is 0.242 e. The fraction of sp³-hybridized carbons (Fsp3) is 0.923. The normalized spacial score (nSPS) is 28.0. The van der Waals surface area contributed by atoms with E-state index >= 15 is 0 Å². The first-order valence-corrected chi connectivity index (χ1v) is 6.78. The predicted molar refractivity (Wildman–Crippen MR) is 66.6 cm³/mol. The van der Waals surface area contributed by atoms with Crippen molar-refractivity contribution in [2.45, 2.75) is 56.6 Å². The van der Waals surface area contributed by atoms with Crippen molar-refractivity contribution in [3.63, 3.8) is 0 Å². The molecule has 0 aromatic rings. The Balaban J connectivity index is 1.85. The van der Waals surface area contributed by atoms with Gasteiger partial charge >= 0.3 is 0 Å². The van der Waals surface area contributed by atoms with Crippen molar-refractivity contribution < 1.29 is 9.53 Å². The van der Waals surface area contributed by atoms with E-state index in [1.165, 1.54) is 6.42 Å². The fourth-order valence-electron chi connectivity index (χ4n) is 2.94. The van der Waals surface area contributed by atoms with Gasteiger partial charge in [0.05, 0.1) is 11.6 Å². The number of likely N-dealkylation sites (N-methyl/N-ethyl adjacent to an activating group) is 1. The summed E-state index contributed by atoms with van der Waals surface area (Å²) in [5, 5.41) is 0. The zero-order valence-corrected chi connectivity index (χ0v) is 10.8. The predicted octanol–water partition coefficient (Wildman–Crippen LogP) is 1.29. The zero-order valence-electron chi connectivity index (χ0n) is 10.8. The standard InChI is InChI=1S/C13H24N2O2/c1-15(10-11-6-2-5-9-17-11)12(16)13(14)7-3-4-8-13/h11H,2-10,14H2,1H3. The lowest BCUT2D eigenvalue weighted by Crippen LogP contribution is -2.54. The van der Waals surface area contributed by atoms with E-state index in [-0.39, 0.29) is 12.0 Å². The van der Waals surface area contributed by atoms with Gasteiger partial charge in [0.25, 0.3) is 0 Å². The molecule has 2 N–H and O–H groups in total. The van der Waals surface area contributed by atoms with Crippen molar-refractivity contribution >= 4 is 5.91 Å². The third kappa shape index (κ3) is 2.99. The number of hydrogen-bond acceptors (Lipinski definition) is 3. The molecule has 2 aliphatic rings. The number of nitrogens with two attached hydrogens (primary N) is 1. The lowest BCUT2D eigenvalue weighted by Gasteiger charge is -2.32. The van der Waals surface area contributed by atoms with Crippen molar-refractivity contribution in [2.75, 3.05) is 20.2 Å². The highest BCUT2D eigenvalue weighted by molar-refractivity contribution is 5.86. The Bertz CT molecular complexity index is 269. The topological polar surface area (TPSA) is 55.6 Å². The summed E-state index contributed by atoms with van der Waals surface area (Å²) >= 11 is 0. The van der Waals surface area contributed by atoms with Crippen molar-refractivity contribution in [3.8, 4) is 0 Å². The van der Waals surface area contributed by atoms with Crippen LogP contribution in [0.15, 0.2) is 0 Å². The molecular formula is C13H24N2O2. The van der Waals surface area contributed by atoms with Gasteiger partial charge in [0, 0.05) is 20.2 Å². The number of carbonyl (C=O) groups is 1. The lowest BCUT2D eigenvalue weighted by atomic mass is 9.97. The molecule has 1 amide bonds. The van der Waals surface area contributed by atoms with Crippen LogP contribution in [0.25, 0.3) is 0 Å². The van der Waals surface area contributed by atoms with Gasteiger partial charge in [-0.15, -0.1) is 0 Å². The number of ether oxygens (including phenoxy) is 1. The van der Waals surface area contributed by atoms with Crippen LogP contribution in [0.1, 0.15) is 44.9 Å². The molecule has 2 fully saturated rings. The lowest BCUT2D eigenvalue weighted by molar-refractivity contribution is -0.137. The van der Waals surface area contributed by atoms with Crippen LogP contribution >= 0.6 is 0 Å². The molecule has 17 heavy (non-hydrogen) atoms. The molecule has 0 aromatic heterocycles. The van der Waals surface area contributed by atoms with Gasteiger partial charge in [-0.2, -0.15) is 0 Å². The van der Waals surface area contributed by atoms with Gasteiger partial charge in [-0.25, -0.2) is 0 Å². The first kappa shape index (κ1) is 12.8. The molecule has 4 heteroatoms. The van der Waals surface area contributed by atoms with E-state index in [0.717, 1.165) is 45.1 Å². The maximum absolute atomic E-state index is 12.3. The average molecular weight is 240 g/mol. The summed E-state index contributed by atoms with van der Waals surface area (Å²) in [5.41, 5.74) is 5.58. The van der Waals surface area contributed by atoms with Crippen LogP contribution in [0.2, 0.25) is 0 Å². The number of amides is 1. The second-order valence-electron chi connectivity index (χ2n) is 5.54. The van der Waals surface area contributed by atoms with Gasteiger partial charge in [-0.1, -0.05) is 12.8 Å². The number of rotatable bonds is 3. The highest BCUT2D eigenvalue weighted by Gasteiger charge is 2.39. The Morgan fingerprint density at radius 3 is 2.65 bits per heavy atom. The second kappa shape index (κ2) is 5.36. The summed E-state index contributed by atoms with van der Waals surface area (Å²) in [6, 6.07) is 0. The minimum atomic E-state index is -0.594. The molecule has 4 nitrogen and oxygen atoms in total. The molecule has 1 atom stereocenters. The molecule has 1 heterocycles. The molecule has 1 saturated carbocycles. The van der Waals surface area contributed by atoms with Gasteiger partial charge < -0.3 is 15.4 Å². The van der Waals surface area contributed by atoms with Crippen LogP contribution in [0.4, 0.5) is 0 Å². The number of carbonyl (C=O) groups excluding carboxylic acids is 1. The van der Waals surface area contributed by atoms with Crippen molar-refractivity contribution in [3.05, 3.63) is 0 Å². The Kier molecular flexibility index (Phi) is 4.05. The minimum Gasteiger partial charge on any atom is -0.376 e. The molecule has 1 saturated heterocycles. The molecule has 2 rings (SSSR count). The Hall–Kier alpha value is -0.610. The highest BCUT2D eigenvalue weighted by Crippen LogP contribution is 2.29. The zero-order chi connectivity index (χ0) is 12.3. The van der Waals surface area contributed by atoms with Gasteiger partial charge in [-0.05, 0) is 32.1 Å². The molecule has 1 aliphatic carbocycles. The summed E-state index contributed by atoms with van der Waals surface area (Å²) in [7, 11) is 1.85. The van der Waals surface area contributed by atoms with E-state index in [1.54, 1.807) is 4.90 Å². The van der Waals surface area contributed by atoms with Gasteiger partial charge in [0.2, 0.25) is 5.91 Å². The average Bonchev–Trinajstić information content (AvgIpc) is 2.78. The minimum absolute atomic E-state index is 0.101. The van der Waals surface area contributed by atoms with Crippen molar-refractivity contribution in [1.82, 2.24) is 4.90 Å². The van der Waals surface area contributed by atoms with E-state index in [0.29, 0.717) is 6.54 Å². The maximum Gasteiger partial charge on any atom is 0.242 e. The summed E-state index contributed by atoms with van der Waals surface area (Å²) < 4.78 is 5.66. The van der Waals surface area contributed by atoms with E-state index in [2.05, 4.69) is 0 Å². The Morgan fingerprint density at radius 2 is 2.06 bits per heavy atom. The van der Waals surface area contributed by atoms with Crippen LogP contribution < -0.4 is 5.73 Å². The molecule has 0 bridgehead atoms. The van der Waals surface area contributed by atoms with Gasteiger partial charge in [-0.3, -0.25) is 4.79 Å². The Labute approximate surface area is 103 Å². The van der Waals surface area contributed by atoms with Crippen LogP contribution in [0.3, 0.4) is 0 Å². The summed E-state index contributed by atoms with van der Waals surface area (Å²) in [6.07, 6.45) is 7.46. The first-order valence-electron chi connectivity index (χ1n) is 6.78. The Morgan fingerprint density at radius 1 is 1.35 bits per heavy atom. The third-order valence-electron chi connectivity index (χ3n) is 4.02. The molecule has 1 unspecified atom stereocenters. The summed E-state index contributed by atoms with van der Waals surface area (Å²) in [6.45, 7) is 1.53. The monoisotopic (exact) mass is 240 g/mol. The molecule has 0 radical (unpaired) electrons. The van der Waals surface area contributed by atoms with E-state index in [4.69, 9.17) is 10.5 Å². The van der Waals surface area contributed by atoms with Crippen molar-refractivity contribution in [1.29, 1.82) is 0 Å². The third-order valence-corrected chi connectivity index (χ3v) is 4.02. The van der Waals surface area contributed by atoms with Gasteiger partial charge in [0.1, 0.15) is 0 Å². The molecule has 0 spiro atoms. The SMILES string of the molecule is CN(CC1CCCCO1)C(=O)C1(N)CCCC1. The van der Waals surface area contributed by atoms with E-state index in [1.807, 2.05) is 7.05 Å². The van der Waals surface area contributed by atoms with Crippen LogP contribution in [0, 0.1) is 0 Å². The van der Waals surface area contributed by atoms with Crippen LogP contribution in [0.5, 0.6) is 0 Å². The maximum atomic E-state index is 12.3. The van der Waals surface area contributed by atoms with Crippen LogP contribution in [-0.2, 0) is 9.53 Å². The van der Waals surface area contributed by atoms with Gasteiger partial charge in [0.15, 0.2) is 0 Å². The van der Waals surface area contributed by atoms with E-state index < -0.39 is 5.54 Å². The number of nitrogens with zero attached hydrogens (tertiary/aromatic N) is 1. The quantitative estimate of drug-likeness (QED) is 0.808. The summed E-state index contributed by atoms with van der Waals surface area (Å²) in [5.74, 6) is 0.101. The molecule has 98 valence electrons. The van der Waals surface area contributed by atoms with E-state index in [9.17, 15) is 4.79 Å². The summed E-state index contributed by atoms with van der Waals surface area (Å²) in [4.78, 5) is 14.1. The number of hydrogen-bond donors (Lipinski definition) is 1. The second-order valence-corrected chi connectivity index (χ2v) is 5.54. The molecular weight excluding hydrogens is 216 g/mol.